The van der Waals surface area contributed by atoms with Crippen LogP contribution < -0.4 is 5.01 Å². The first-order chi connectivity index (χ1) is 11.4. The third kappa shape index (κ3) is 9.36. The van der Waals surface area contributed by atoms with Crippen molar-refractivity contribution in [3.63, 3.8) is 0 Å². The Morgan fingerprint density at radius 3 is 1.62 bits per heavy atom. The van der Waals surface area contributed by atoms with Crippen LogP contribution in [0.1, 0.15) is 68.2 Å². The van der Waals surface area contributed by atoms with Crippen LogP contribution in [0.15, 0.2) is 0 Å². The molecule has 0 aromatic rings. The molecule has 4 nitrogen and oxygen atoms in total. The minimum Gasteiger partial charge on any atom is -0.302 e. The Bertz CT molecular complexity index is 267. The summed E-state index contributed by atoms with van der Waals surface area (Å²) in [4.78, 5) is 5.24. The Labute approximate surface area is 153 Å². The van der Waals surface area contributed by atoms with Crippen LogP contribution in [0, 0.1) is 0 Å². The summed E-state index contributed by atoms with van der Waals surface area (Å²) in [5.74, 6) is 0. The van der Waals surface area contributed by atoms with E-state index in [1.807, 2.05) is 0 Å². The first kappa shape index (κ1) is 23.8. The molecule has 0 heterocycles. The van der Waals surface area contributed by atoms with E-state index in [1.54, 1.807) is 5.01 Å². The summed E-state index contributed by atoms with van der Waals surface area (Å²) < 4.78 is 0. The summed E-state index contributed by atoms with van der Waals surface area (Å²) in [5.41, 5.74) is 0. The molecule has 0 rings (SSSR count). The molecule has 1 N–H and O–H groups in total. The molecule has 0 aliphatic carbocycles. The molecule has 24 heavy (non-hydrogen) atoms. The molecule has 0 aliphatic heterocycles. The number of rotatable bonds is 15. The molecule has 0 aromatic carbocycles. The van der Waals surface area contributed by atoms with E-state index in [2.05, 4.69) is 70.2 Å². The Kier molecular flexibility index (Phi) is 14.0. The van der Waals surface area contributed by atoms with E-state index in [1.165, 1.54) is 58.7 Å². The highest BCUT2D eigenvalue weighted by molar-refractivity contribution is 4.66. The highest BCUT2D eigenvalue weighted by atomic mass is 15.6. The largest absolute Gasteiger partial charge is 0.302 e. The van der Waals surface area contributed by atoms with Crippen LogP contribution in [0.25, 0.3) is 0 Å². The van der Waals surface area contributed by atoms with Crippen molar-refractivity contribution in [1.82, 2.24) is 14.8 Å². The summed E-state index contributed by atoms with van der Waals surface area (Å²) >= 11 is 0. The van der Waals surface area contributed by atoms with Gasteiger partial charge in [0.15, 0.2) is 0 Å². The fourth-order valence-electron chi connectivity index (χ4n) is 3.70. The van der Waals surface area contributed by atoms with Gasteiger partial charge in [0, 0.05) is 31.7 Å². The zero-order chi connectivity index (χ0) is 18.5. The molecule has 0 saturated heterocycles. The van der Waals surface area contributed by atoms with Gasteiger partial charge < -0.3 is 4.90 Å². The van der Waals surface area contributed by atoms with Crippen LogP contribution >= 0.6 is 0 Å². The van der Waals surface area contributed by atoms with Gasteiger partial charge in [0.2, 0.25) is 0 Å². The van der Waals surface area contributed by atoms with Crippen molar-refractivity contribution < 1.29 is 5.01 Å². The van der Waals surface area contributed by atoms with Crippen LogP contribution in [0.4, 0.5) is 0 Å². The van der Waals surface area contributed by atoms with Crippen molar-refractivity contribution in [2.75, 3.05) is 52.4 Å². The topological polar surface area (TPSA) is 14.2 Å². The van der Waals surface area contributed by atoms with Gasteiger partial charge in [0.25, 0.3) is 0 Å². The molecular weight excluding hydrogens is 296 g/mol. The van der Waals surface area contributed by atoms with E-state index < -0.39 is 0 Å². The zero-order valence-electron chi connectivity index (χ0n) is 18.1. The second kappa shape index (κ2) is 14.1. The summed E-state index contributed by atoms with van der Waals surface area (Å²) in [6.45, 7) is 28.0. The molecule has 0 fully saturated rings. The number of hydrogen-bond acceptors (Lipinski definition) is 3. The average Bonchev–Trinajstić information content (AvgIpc) is 2.53. The monoisotopic (exact) mass is 343 g/mol. The Morgan fingerprint density at radius 2 is 1.25 bits per heavy atom. The first-order valence-corrected chi connectivity index (χ1v) is 10.5. The SMILES string of the molecule is CCCN(CCC)CCN(CC)[NH+](CC)CCN(C(C)C)C(C)C. The highest BCUT2D eigenvalue weighted by Crippen LogP contribution is 2.03. The Balaban J connectivity index is 4.56. The maximum atomic E-state index is 2.64. The fourth-order valence-corrected chi connectivity index (χ4v) is 3.70. The van der Waals surface area contributed by atoms with Gasteiger partial charge in [-0.3, -0.25) is 9.91 Å². The van der Waals surface area contributed by atoms with Gasteiger partial charge in [-0.15, -0.1) is 0 Å². The third-order valence-electron chi connectivity index (χ3n) is 4.99. The van der Waals surface area contributed by atoms with Crippen molar-refractivity contribution in [1.29, 1.82) is 0 Å². The van der Waals surface area contributed by atoms with Crippen molar-refractivity contribution in [3.05, 3.63) is 0 Å². The number of nitrogens with one attached hydrogen (secondary N) is 1. The quantitative estimate of drug-likeness (QED) is 0.459. The molecule has 0 aliphatic rings. The molecule has 0 spiro atoms. The van der Waals surface area contributed by atoms with Crippen molar-refractivity contribution in [2.45, 2.75) is 80.3 Å². The second-order valence-electron chi connectivity index (χ2n) is 7.52. The Hall–Kier alpha value is -0.160. The molecule has 0 aromatic heterocycles. The Morgan fingerprint density at radius 1 is 0.708 bits per heavy atom. The summed E-state index contributed by atoms with van der Waals surface area (Å²) in [5, 5.41) is 4.27. The van der Waals surface area contributed by atoms with E-state index >= 15 is 0 Å². The van der Waals surface area contributed by atoms with Gasteiger partial charge in [-0.1, -0.05) is 13.8 Å². The van der Waals surface area contributed by atoms with E-state index in [9.17, 15) is 0 Å². The van der Waals surface area contributed by atoms with Crippen LogP contribution in [0.5, 0.6) is 0 Å². The molecule has 4 heteroatoms. The summed E-state index contributed by atoms with van der Waals surface area (Å²) in [6, 6.07) is 1.26. The van der Waals surface area contributed by atoms with Crippen LogP contribution in [0.2, 0.25) is 0 Å². The first-order valence-electron chi connectivity index (χ1n) is 10.5. The fraction of sp³-hybridized carbons (Fsp3) is 1.00. The number of nitrogens with zero attached hydrogens (tertiary/aromatic N) is 3. The summed E-state index contributed by atoms with van der Waals surface area (Å²) in [6.07, 6.45) is 2.52. The standard InChI is InChI=1S/C20H46N4/c1-9-13-21(14-10-2)15-16-22(11-3)23(12-4)17-18-24(19(5)6)20(7)8/h19-20H,9-18H2,1-8H3/p+1. The van der Waals surface area contributed by atoms with E-state index in [4.69, 9.17) is 0 Å². The van der Waals surface area contributed by atoms with Gasteiger partial charge in [0.1, 0.15) is 6.54 Å². The lowest BCUT2D eigenvalue weighted by atomic mass is 10.2. The van der Waals surface area contributed by atoms with Crippen LogP contribution in [-0.2, 0) is 0 Å². The van der Waals surface area contributed by atoms with E-state index in [-0.39, 0.29) is 0 Å². The lowest BCUT2D eigenvalue weighted by Crippen LogP contribution is -3.18. The minimum absolute atomic E-state index is 0.628. The van der Waals surface area contributed by atoms with Crippen LogP contribution in [0.3, 0.4) is 0 Å². The zero-order valence-corrected chi connectivity index (χ0v) is 18.1. The minimum atomic E-state index is 0.628. The molecular formula is C20H47N4+. The van der Waals surface area contributed by atoms with Gasteiger partial charge in [-0.2, -0.15) is 5.01 Å². The average molecular weight is 344 g/mol. The molecule has 0 radical (unpaired) electrons. The molecule has 0 amide bonds. The molecule has 0 saturated carbocycles. The van der Waals surface area contributed by atoms with Crippen LogP contribution in [-0.4, -0.2) is 79.3 Å². The lowest BCUT2D eigenvalue weighted by Gasteiger charge is -2.35. The van der Waals surface area contributed by atoms with Gasteiger partial charge in [-0.25, -0.2) is 0 Å². The van der Waals surface area contributed by atoms with E-state index in [0.29, 0.717) is 12.1 Å². The van der Waals surface area contributed by atoms with Crippen molar-refractivity contribution >= 4 is 0 Å². The van der Waals surface area contributed by atoms with Crippen molar-refractivity contribution in [2.24, 2.45) is 0 Å². The van der Waals surface area contributed by atoms with Gasteiger partial charge in [-0.05, 0) is 67.5 Å². The predicted octanol–water partition coefficient (Wildman–Crippen LogP) is 2.37. The van der Waals surface area contributed by atoms with Crippen molar-refractivity contribution in [3.8, 4) is 0 Å². The summed E-state index contributed by atoms with van der Waals surface area (Å²) in [7, 11) is 0. The number of quaternary nitrogens is 1. The maximum absolute atomic E-state index is 2.64. The molecule has 0 bridgehead atoms. The maximum Gasteiger partial charge on any atom is 0.108 e. The smallest absolute Gasteiger partial charge is 0.108 e. The molecule has 1 atom stereocenters. The van der Waals surface area contributed by atoms with Gasteiger partial charge >= 0.3 is 0 Å². The molecule has 146 valence electrons. The normalized spacial score (nSPS) is 13.9. The predicted molar refractivity (Wildman–Crippen MR) is 108 cm³/mol. The number of likely N-dealkylation sites (N-methyl/N-ethyl adjacent to an activating group) is 2. The van der Waals surface area contributed by atoms with Gasteiger partial charge in [0.05, 0.1) is 13.1 Å². The van der Waals surface area contributed by atoms with E-state index in [0.717, 1.165) is 6.54 Å². The molecule has 1 unspecified atom stereocenters. The second-order valence-corrected chi connectivity index (χ2v) is 7.52. The number of hydrogen-bond donors (Lipinski definition) is 1. The lowest BCUT2D eigenvalue weighted by molar-refractivity contribution is -1.01. The third-order valence-corrected chi connectivity index (χ3v) is 4.99. The highest BCUT2D eigenvalue weighted by Gasteiger charge is 2.20.